The average molecular weight is 400 g/mol. The van der Waals surface area contributed by atoms with Gasteiger partial charge in [-0.2, -0.15) is 11.8 Å². The molecule has 19 heavy (non-hydrogen) atoms. The van der Waals surface area contributed by atoms with Crippen LogP contribution in [0.15, 0.2) is 4.99 Å². The Kier molecular flexibility index (Phi) is 10.5. The lowest BCUT2D eigenvalue weighted by Crippen LogP contribution is -2.46. The van der Waals surface area contributed by atoms with Crippen molar-refractivity contribution in [1.29, 1.82) is 0 Å². The number of carbonyl (C=O) groups is 1. The summed E-state index contributed by atoms with van der Waals surface area (Å²) in [5.74, 6) is 3.14. The highest BCUT2D eigenvalue weighted by Crippen LogP contribution is 2.16. The number of likely N-dealkylation sites (N-methyl/N-ethyl adjacent to an activating group) is 1. The fourth-order valence-corrected chi connectivity index (χ4v) is 2.73. The number of nitrogens with zero attached hydrogens (tertiary/aromatic N) is 2. The Hall–Kier alpha value is -0.180. The third-order valence-corrected chi connectivity index (χ3v) is 3.93. The van der Waals surface area contributed by atoms with E-state index >= 15 is 0 Å². The maximum Gasteiger partial charge on any atom is 0.243 e. The molecule has 1 saturated heterocycles. The van der Waals surface area contributed by atoms with E-state index in [-0.39, 0.29) is 36.4 Å². The van der Waals surface area contributed by atoms with Gasteiger partial charge < -0.3 is 15.5 Å². The Morgan fingerprint density at radius 1 is 1.47 bits per heavy atom. The van der Waals surface area contributed by atoms with Gasteiger partial charge in [-0.25, -0.2) is 4.99 Å². The lowest BCUT2D eigenvalue weighted by molar-refractivity contribution is -0.127. The van der Waals surface area contributed by atoms with Crippen molar-refractivity contribution in [2.24, 2.45) is 4.99 Å². The van der Waals surface area contributed by atoms with E-state index in [1.54, 1.807) is 19.0 Å². The predicted octanol–water partition coefficient (Wildman–Crippen LogP) is 1.14. The molecule has 0 saturated carbocycles. The van der Waals surface area contributed by atoms with Gasteiger partial charge in [0, 0.05) is 32.4 Å². The maximum atomic E-state index is 11.5. The standard InChI is InChI=1S/C12H24N4OS.HI/c1-4-13-12(14-8-11(17)16(2)3)15-10-6-5-7-18-9-10;/h10H,4-9H2,1-3H3,(H2,13,14,15);1H. The number of hydrogen-bond donors (Lipinski definition) is 2. The first kappa shape index (κ1) is 18.8. The molecule has 7 heteroatoms. The van der Waals surface area contributed by atoms with Gasteiger partial charge in [0.05, 0.1) is 0 Å². The quantitative estimate of drug-likeness (QED) is 0.422. The zero-order valence-electron chi connectivity index (χ0n) is 11.9. The first-order chi connectivity index (χ1) is 8.63. The lowest BCUT2D eigenvalue weighted by atomic mass is 10.2. The zero-order chi connectivity index (χ0) is 13.4. The van der Waals surface area contributed by atoms with Crippen LogP contribution in [0.5, 0.6) is 0 Å². The highest BCUT2D eigenvalue weighted by atomic mass is 127. The number of carbonyl (C=O) groups excluding carboxylic acids is 1. The van der Waals surface area contributed by atoms with Gasteiger partial charge in [0.1, 0.15) is 6.54 Å². The summed E-state index contributed by atoms with van der Waals surface area (Å²) in [5.41, 5.74) is 0. The highest BCUT2D eigenvalue weighted by molar-refractivity contribution is 14.0. The van der Waals surface area contributed by atoms with Crippen LogP contribution in [0.3, 0.4) is 0 Å². The Balaban J connectivity index is 0.00000324. The monoisotopic (exact) mass is 400 g/mol. The number of nitrogens with one attached hydrogen (secondary N) is 2. The first-order valence-electron chi connectivity index (χ1n) is 6.46. The van der Waals surface area contributed by atoms with Crippen LogP contribution in [0.4, 0.5) is 0 Å². The molecule has 0 spiro atoms. The minimum Gasteiger partial charge on any atom is -0.357 e. The van der Waals surface area contributed by atoms with Crippen molar-refractivity contribution in [2.45, 2.75) is 25.8 Å². The minimum absolute atomic E-state index is 0. The van der Waals surface area contributed by atoms with E-state index in [1.807, 2.05) is 18.7 Å². The van der Waals surface area contributed by atoms with Gasteiger partial charge in [-0.1, -0.05) is 0 Å². The molecule has 1 atom stereocenters. The van der Waals surface area contributed by atoms with Crippen molar-refractivity contribution in [2.75, 3.05) is 38.7 Å². The lowest BCUT2D eigenvalue weighted by Gasteiger charge is -2.24. The molecular formula is C12H25IN4OS. The highest BCUT2D eigenvalue weighted by Gasteiger charge is 2.15. The van der Waals surface area contributed by atoms with Gasteiger partial charge in [-0.05, 0) is 25.5 Å². The van der Waals surface area contributed by atoms with Crippen LogP contribution < -0.4 is 10.6 Å². The molecule has 1 heterocycles. The Bertz CT molecular complexity index is 293. The molecule has 1 fully saturated rings. The second kappa shape index (κ2) is 10.6. The van der Waals surface area contributed by atoms with Crippen molar-refractivity contribution in [3.8, 4) is 0 Å². The summed E-state index contributed by atoms with van der Waals surface area (Å²) in [7, 11) is 3.49. The molecule has 0 aliphatic carbocycles. The molecule has 1 amide bonds. The number of hydrogen-bond acceptors (Lipinski definition) is 3. The van der Waals surface area contributed by atoms with E-state index in [9.17, 15) is 4.79 Å². The molecule has 0 aromatic rings. The number of guanidine groups is 1. The van der Waals surface area contributed by atoms with E-state index in [2.05, 4.69) is 15.6 Å². The number of thioether (sulfide) groups is 1. The SMILES string of the molecule is CCNC(=NCC(=O)N(C)C)NC1CCCSC1.I. The maximum absolute atomic E-state index is 11.5. The summed E-state index contributed by atoms with van der Waals surface area (Å²) in [6, 6.07) is 0.469. The van der Waals surface area contributed by atoms with E-state index < -0.39 is 0 Å². The summed E-state index contributed by atoms with van der Waals surface area (Å²) in [6.45, 7) is 3.03. The van der Waals surface area contributed by atoms with Gasteiger partial charge in [0.15, 0.2) is 5.96 Å². The van der Waals surface area contributed by atoms with Gasteiger partial charge in [-0.3, -0.25) is 4.79 Å². The number of amides is 1. The second-order valence-electron chi connectivity index (χ2n) is 4.54. The van der Waals surface area contributed by atoms with Crippen molar-refractivity contribution >= 4 is 47.6 Å². The number of halogens is 1. The Morgan fingerprint density at radius 2 is 2.21 bits per heavy atom. The summed E-state index contributed by atoms with van der Waals surface area (Å²) >= 11 is 1.97. The second-order valence-corrected chi connectivity index (χ2v) is 5.69. The van der Waals surface area contributed by atoms with Gasteiger partial charge in [0.25, 0.3) is 0 Å². The van der Waals surface area contributed by atoms with Gasteiger partial charge in [-0.15, -0.1) is 24.0 Å². The smallest absolute Gasteiger partial charge is 0.243 e. The van der Waals surface area contributed by atoms with Crippen LogP contribution in [0, 0.1) is 0 Å². The summed E-state index contributed by atoms with van der Waals surface area (Å²) < 4.78 is 0. The van der Waals surface area contributed by atoms with E-state index in [0.29, 0.717) is 6.04 Å². The van der Waals surface area contributed by atoms with Crippen LogP contribution in [0.2, 0.25) is 0 Å². The third-order valence-electron chi connectivity index (χ3n) is 2.72. The molecule has 2 N–H and O–H groups in total. The van der Waals surface area contributed by atoms with Crippen LogP contribution >= 0.6 is 35.7 Å². The number of aliphatic imine (C=N–C) groups is 1. The average Bonchev–Trinajstić information content (AvgIpc) is 2.37. The molecule has 112 valence electrons. The molecule has 5 nitrogen and oxygen atoms in total. The van der Waals surface area contributed by atoms with Crippen LogP contribution in [0.1, 0.15) is 19.8 Å². The van der Waals surface area contributed by atoms with Crippen molar-refractivity contribution in [3.63, 3.8) is 0 Å². The molecule has 0 aromatic heterocycles. The predicted molar refractivity (Wildman–Crippen MR) is 93.6 cm³/mol. The summed E-state index contributed by atoms with van der Waals surface area (Å²) in [6.07, 6.45) is 2.43. The largest absolute Gasteiger partial charge is 0.357 e. The van der Waals surface area contributed by atoms with Crippen molar-refractivity contribution in [1.82, 2.24) is 15.5 Å². The number of rotatable bonds is 4. The van der Waals surface area contributed by atoms with Crippen LogP contribution in [0.25, 0.3) is 0 Å². The Morgan fingerprint density at radius 3 is 2.74 bits per heavy atom. The molecule has 0 bridgehead atoms. The van der Waals surface area contributed by atoms with Gasteiger partial charge in [0.2, 0.25) is 5.91 Å². The van der Waals surface area contributed by atoms with Crippen LogP contribution in [-0.2, 0) is 4.79 Å². The molecule has 1 rings (SSSR count). The van der Waals surface area contributed by atoms with Crippen molar-refractivity contribution < 1.29 is 4.79 Å². The fraction of sp³-hybridized carbons (Fsp3) is 0.833. The summed E-state index contributed by atoms with van der Waals surface area (Å²) in [4.78, 5) is 17.4. The first-order valence-corrected chi connectivity index (χ1v) is 7.61. The van der Waals surface area contributed by atoms with Crippen molar-refractivity contribution in [3.05, 3.63) is 0 Å². The Labute approximate surface area is 137 Å². The molecule has 1 aliphatic rings. The van der Waals surface area contributed by atoms with Gasteiger partial charge >= 0.3 is 0 Å². The van der Waals surface area contributed by atoms with E-state index in [4.69, 9.17) is 0 Å². The van der Waals surface area contributed by atoms with Crippen LogP contribution in [-0.4, -0.2) is 61.5 Å². The van der Waals surface area contributed by atoms with E-state index in [1.165, 1.54) is 18.6 Å². The normalized spacial score (nSPS) is 19.3. The molecule has 1 aliphatic heterocycles. The summed E-state index contributed by atoms with van der Waals surface area (Å²) in [5, 5.41) is 6.58. The molecule has 0 radical (unpaired) electrons. The zero-order valence-corrected chi connectivity index (χ0v) is 15.1. The molecular weight excluding hydrogens is 375 g/mol. The molecule has 0 aromatic carbocycles. The topological polar surface area (TPSA) is 56.7 Å². The molecule has 1 unspecified atom stereocenters. The minimum atomic E-state index is 0. The third kappa shape index (κ3) is 7.86. The fourth-order valence-electron chi connectivity index (χ4n) is 1.66. The van der Waals surface area contributed by atoms with E-state index in [0.717, 1.165) is 18.3 Å².